The van der Waals surface area contributed by atoms with Crippen molar-refractivity contribution in [1.82, 2.24) is 14.7 Å². The first-order chi connectivity index (χ1) is 16.0. The largest absolute Gasteiger partial charge is 0.498 e. The predicted molar refractivity (Wildman–Crippen MR) is 134 cm³/mol. The molecule has 1 fully saturated rings. The number of benzene rings is 2. The van der Waals surface area contributed by atoms with E-state index in [9.17, 15) is 5.26 Å². The fourth-order valence-corrected chi connectivity index (χ4v) is 4.30. The Bertz CT molecular complexity index is 1260. The Labute approximate surface area is 195 Å². The zero-order valence-corrected chi connectivity index (χ0v) is 19.5. The summed E-state index contributed by atoms with van der Waals surface area (Å²) in [5.74, 6) is 1.37. The number of rotatable bonds is 7. The molecular weight excluding hydrogens is 410 g/mol. The van der Waals surface area contributed by atoms with Crippen LogP contribution in [0.1, 0.15) is 30.0 Å². The summed E-state index contributed by atoms with van der Waals surface area (Å²) in [4.78, 5) is 6.76. The third kappa shape index (κ3) is 5.21. The average molecular weight is 440 g/mol. The highest BCUT2D eigenvalue weighted by Crippen LogP contribution is 2.31. The van der Waals surface area contributed by atoms with E-state index in [4.69, 9.17) is 4.74 Å². The van der Waals surface area contributed by atoms with Crippen molar-refractivity contribution >= 4 is 28.9 Å². The molecule has 168 valence electrons. The van der Waals surface area contributed by atoms with Crippen LogP contribution in [0, 0.1) is 17.2 Å². The van der Waals surface area contributed by atoms with Crippen LogP contribution in [0.4, 0.5) is 0 Å². The van der Waals surface area contributed by atoms with Gasteiger partial charge in [-0.25, -0.2) is 0 Å². The number of aromatic nitrogens is 2. The molecule has 6 nitrogen and oxygen atoms in total. The van der Waals surface area contributed by atoms with Crippen molar-refractivity contribution in [1.29, 1.82) is 5.26 Å². The summed E-state index contributed by atoms with van der Waals surface area (Å²) in [6.45, 7) is 8.74. The molecule has 0 radical (unpaired) electrons. The highest BCUT2D eigenvalue weighted by atomic mass is 16.5. The van der Waals surface area contributed by atoms with E-state index in [1.54, 1.807) is 4.68 Å². The van der Waals surface area contributed by atoms with Crippen molar-refractivity contribution in [3.8, 4) is 6.07 Å². The molecule has 1 unspecified atom stereocenters. The number of ether oxygens (including phenoxy) is 1. The number of hydrogen-bond acceptors (Lipinski definition) is 5. The lowest BCUT2D eigenvalue weighted by Crippen LogP contribution is -2.16. The molecular formula is C27H29N5O. The van der Waals surface area contributed by atoms with Crippen LogP contribution in [0.2, 0.25) is 0 Å². The molecule has 0 amide bonds. The van der Waals surface area contributed by atoms with Crippen LogP contribution in [-0.2, 0) is 11.8 Å². The summed E-state index contributed by atoms with van der Waals surface area (Å²) in [5, 5.41) is 14.7. The SMILES string of the molecule is C=N/C(=C(\C=C(/C)OCC1CCN(C)C1)c1ccc(C#N)cc1)c1ccc2nn(C)cc2c1. The lowest BCUT2D eigenvalue weighted by Gasteiger charge is -2.15. The minimum Gasteiger partial charge on any atom is -0.498 e. The Balaban J connectivity index is 1.74. The van der Waals surface area contributed by atoms with Gasteiger partial charge in [-0.1, -0.05) is 18.2 Å². The van der Waals surface area contributed by atoms with Gasteiger partial charge in [0, 0.05) is 42.2 Å². The lowest BCUT2D eigenvalue weighted by atomic mass is 9.97. The van der Waals surface area contributed by atoms with E-state index in [0.717, 1.165) is 58.6 Å². The molecule has 1 aliphatic rings. The molecule has 6 heteroatoms. The van der Waals surface area contributed by atoms with Crippen LogP contribution >= 0.6 is 0 Å². The number of hydrogen-bond donors (Lipinski definition) is 0. The van der Waals surface area contributed by atoms with Crippen molar-refractivity contribution in [2.24, 2.45) is 18.0 Å². The zero-order chi connectivity index (χ0) is 23.4. The molecule has 1 saturated heterocycles. The van der Waals surface area contributed by atoms with Gasteiger partial charge in [0.05, 0.1) is 35.2 Å². The van der Waals surface area contributed by atoms with Gasteiger partial charge in [-0.05, 0) is 69.6 Å². The van der Waals surface area contributed by atoms with E-state index < -0.39 is 0 Å². The van der Waals surface area contributed by atoms with Crippen molar-refractivity contribution < 1.29 is 4.74 Å². The Morgan fingerprint density at radius 2 is 2.00 bits per heavy atom. The van der Waals surface area contributed by atoms with Crippen LogP contribution in [-0.4, -0.2) is 48.1 Å². The highest BCUT2D eigenvalue weighted by Gasteiger charge is 2.20. The topological polar surface area (TPSA) is 66.4 Å². The van der Waals surface area contributed by atoms with E-state index in [1.807, 2.05) is 62.6 Å². The maximum atomic E-state index is 9.21. The van der Waals surface area contributed by atoms with Gasteiger partial charge in [0.1, 0.15) is 0 Å². The first-order valence-electron chi connectivity index (χ1n) is 11.1. The van der Waals surface area contributed by atoms with Crippen LogP contribution in [0.3, 0.4) is 0 Å². The quantitative estimate of drug-likeness (QED) is 0.228. The first kappa shape index (κ1) is 22.5. The van der Waals surface area contributed by atoms with Crippen molar-refractivity contribution in [2.75, 3.05) is 26.7 Å². The lowest BCUT2D eigenvalue weighted by molar-refractivity contribution is 0.169. The molecule has 0 aliphatic carbocycles. The summed E-state index contributed by atoms with van der Waals surface area (Å²) >= 11 is 0. The summed E-state index contributed by atoms with van der Waals surface area (Å²) in [6.07, 6.45) is 5.17. The van der Waals surface area contributed by atoms with Crippen molar-refractivity contribution in [3.05, 3.63) is 77.2 Å². The number of nitrogens with zero attached hydrogens (tertiary/aromatic N) is 5. The molecule has 1 aliphatic heterocycles. The predicted octanol–water partition coefficient (Wildman–Crippen LogP) is 4.89. The van der Waals surface area contributed by atoms with E-state index in [1.165, 1.54) is 0 Å². The number of aliphatic imine (C=N–C) groups is 1. The molecule has 0 spiro atoms. The fraction of sp³-hybridized carbons (Fsp3) is 0.296. The molecule has 2 heterocycles. The second-order valence-corrected chi connectivity index (χ2v) is 8.67. The van der Waals surface area contributed by atoms with Gasteiger partial charge in [-0.3, -0.25) is 9.67 Å². The molecule has 1 atom stereocenters. The summed E-state index contributed by atoms with van der Waals surface area (Å²) < 4.78 is 7.95. The van der Waals surface area contributed by atoms with Gasteiger partial charge >= 0.3 is 0 Å². The Kier molecular flexibility index (Phi) is 6.71. The van der Waals surface area contributed by atoms with Crippen LogP contribution in [0.15, 0.2) is 65.5 Å². The maximum Gasteiger partial charge on any atom is 0.0991 e. The molecule has 4 rings (SSSR count). The monoisotopic (exact) mass is 439 g/mol. The number of aryl methyl sites for hydroxylation is 1. The highest BCUT2D eigenvalue weighted by molar-refractivity contribution is 5.98. The number of fused-ring (bicyclic) bond motifs is 1. The Hall–Kier alpha value is -3.69. The molecule has 0 N–H and O–H groups in total. The maximum absolute atomic E-state index is 9.21. The molecule has 0 saturated carbocycles. The number of allylic oxidation sites excluding steroid dienone is 3. The summed E-state index contributed by atoms with van der Waals surface area (Å²) in [6, 6.07) is 15.8. The molecule has 0 bridgehead atoms. The van der Waals surface area contributed by atoms with E-state index in [-0.39, 0.29) is 0 Å². The molecule has 3 aromatic rings. The van der Waals surface area contributed by atoms with Gasteiger partial charge in [0.2, 0.25) is 0 Å². The third-order valence-corrected chi connectivity index (χ3v) is 6.01. The van der Waals surface area contributed by atoms with E-state index >= 15 is 0 Å². The van der Waals surface area contributed by atoms with Gasteiger partial charge in [-0.15, -0.1) is 0 Å². The molecule has 1 aromatic heterocycles. The van der Waals surface area contributed by atoms with Gasteiger partial charge < -0.3 is 9.64 Å². The van der Waals surface area contributed by atoms with Crippen LogP contribution < -0.4 is 0 Å². The fourth-order valence-electron chi connectivity index (χ4n) is 4.30. The summed E-state index contributed by atoms with van der Waals surface area (Å²) in [5.41, 5.74) is 5.11. The minimum absolute atomic E-state index is 0.547. The van der Waals surface area contributed by atoms with Crippen molar-refractivity contribution in [3.63, 3.8) is 0 Å². The molecule has 2 aromatic carbocycles. The van der Waals surface area contributed by atoms with Crippen molar-refractivity contribution in [2.45, 2.75) is 13.3 Å². The average Bonchev–Trinajstić information content (AvgIpc) is 3.41. The van der Waals surface area contributed by atoms with Gasteiger partial charge in [-0.2, -0.15) is 10.4 Å². The number of likely N-dealkylation sites (tertiary alicyclic amines) is 1. The van der Waals surface area contributed by atoms with Crippen LogP contribution in [0.5, 0.6) is 0 Å². The standard InChI is InChI=1S/C27H29N5O/c1-19(33-18-21-11-12-31(3)16-21)13-25(22-7-5-20(15-28)6-8-22)27(29-2)23-9-10-26-24(14-23)17-32(4)30-26/h5-10,13-14,17,21H,2,11-12,16,18H2,1,3-4H3/b19-13+,27-25+. The van der Waals surface area contributed by atoms with Gasteiger partial charge in [0.25, 0.3) is 0 Å². The summed E-state index contributed by atoms with van der Waals surface area (Å²) in [7, 11) is 4.06. The van der Waals surface area contributed by atoms with E-state index in [0.29, 0.717) is 18.1 Å². The second-order valence-electron chi connectivity index (χ2n) is 8.67. The minimum atomic E-state index is 0.547. The normalized spacial score (nSPS) is 17.6. The Morgan fingerprint density at radius 1 is 1.24 bits per heavy atom. The van der Waals surface area contributed by atoms with Gasteiger partial charge in [0.15, 0.2) is 0 Å². The zero-order valence-electron chi connectivity index (χ0n) is 19.5. The van der Waals surface area contributed by atoms with E-state index in [2.05, 4.69) is 40.9 Å². The molecule has 33 heavy (non-hydrogen) atoms. The second kappa shape index (κ2) is 9.85. The first-order valence-corrected chi connectivity index (χ1v) is 11.1. The van der Waals surface area contributed by atoms with Crippen LogP contribution in [0.25, 0.3) is 22.2 Å². The number of nitriles is 1. The smallest absolute Gasteiger partial charge is 0.0991 e. The Morgan fingerprint density at radius 3 is 2.67 bits per heavy atom. The third-order valence-electron chi connectivity index (χ3n) is 6.01.